The largest absolute Gasteiger partial charge is 0.481 e. The summed E-state index contributed by atoms with van der Waals surface area (Å²) >= 11 is 0. The minimum Gasteiger partial charge on any atom is -0.481 e. The van der Waals surface area contributed by atoms with Crippen LogP contribution in [0.2, 0.25) is 0 Å². The molecule has 2 atom stereocenters. The molecule has 0 aromatic heterocycles. The van der Waals surface area contributed by atoms with Gasteiger partial charge in [0.2, 0.25) is 5.91 Å². The molecule has 0 radical (unpaired) electrons. The smallest absolute Gasteiger partial charge is 0.307 e. The molecule has 0 unspecified atom stereocenters. The van der Waals surface area contributed by atoms with Gasteiger partial charge in [-0.15, -0.1) is 0 Å². The molecular formula is C12H19NO3. The van der Waals surface area contributed by atoms with Crippen LogP contribution in [0.3, 0.4) is 0 Å². The fraction of sp³-hybridized carbons (Fsp3) is 0.833. The first-order valence-corrected chi connectivity index (χ1v) is 6.07. The Morgan fingerprint density at radius 1 is 1.19 bits per heavy atom. The van der Waals surface area contributed by atoms with Crippen LogP contribution in [0.5, 0.6) is 0 Å². The fourth-order valence-electron chi connectivity index (χ4n) is 2.79. The molecule has 2 rings (SSSR count). The van der Waals surface area contributed by atoms with E-state index in [2.05, 4.69) is 5.32 Å². The van der Waals surface area contributed by atoms with Crippen molar-refractivity contribution in [1.29, 1.82) is 0 Å². The molecule has 2 N–H and O–H groups in total. The number of carbonyl (C=O) groups is 2. The van der Waals surface area contributed by atoms with E-state index in [9.17, 15) is 9.59 Å². The van der Waals surface area contributed by atoms with E-state index in [0.29, 0.717) is 6.42 Å². The molecule has 4 nitrogen and oxygen atoms in total. The Morgan fingerprint density at radius 3 is 2.31 bits per heavy atom. The van der Waals surface area contributed by atoms with Crippen LogP contribution in [0.1, 0.15) is 45.4 Å². The molecule has 1 amide bonds. The van der Waals surface area contributed by atoms with Crippen LogP contribution in [0.15, 0.2) is 0 Å². The molecule has 2 aliphatic carbocycles. The minimum absolute atomic E-state index is 0.0490. The number of hydrogen-bond donors (Lipinski definition) is 2. The summed E-state index contributed by atoms with van der Waals surface area (Å²) in [6.45, 7) is 2.04. The highest BCUT2D eigenvalue weighted by molar-refractivity contribution is 5.85. The van der Waals surface area contributed by atoms with Gasteiger partial charge in [-0.1, -0.05) is 6.42 Å². The predicted molar refractivity (Wildman–Crippen MR) is 58.9 cm³/mol. The molecule has 0 bridgehead atoms. The highest BCUT2D eigenvalue weighted by Crippen LogP contribution is 2.35. The Bertz CT molecular complexity index is 309. The molecule has 0 aromatic carbocycles. The Labute approximate surface area is 95.4 Å². The second-order valence-electron chi connectivity index (χ2n) is 5.39. The lowest BCUT2D eigenvalue weighted by Gasteiger charge is -2.40. The van der Waals surface area contributed by atoms with Crippen molar-refractivity contribution in [1.82, 2.24) is 5.32 Å². The Balaban J connectivity index is 1.95. The number of hydrogen-bond acceptors (Lipinski definition) is 2. The van der Waals surface area contributed by atoms with Gasteiger partial charge in [-0.2, -0.15) is 0 Å². The average molecular weight is 225 g/mol. The number of carbonyl (C=O) groups excluding carboxylic acids is 1. The van der Waals surface area contributed by atoms with Crippen molar-refractivity contribution in [3.05, 3.63) is 0 Å². The lowest BCUT2D eigenvalue weighted by atomic mass is 9.78. The van der Waals surface area contributed by atoms with Crippen molar-refractivity contribution in [2.24, 2.45) is 11.8 Å². The third-order valence-electron chi connectivity index (χ3n) is 4.05. The van der Waals surface area contributed by atoms with Gasteiger partial charge in [-0.3, -0.25) is 9.59 Å². The summed E-state index contributed by atoms with van der Waals surface area (Å²) in [7, 11) is 0. The SMILES string of the molecule is CC1(NC(=O)[C@@H]2CCC[C@@H]2C(=O)O)CCC1. The van der Waals surface area contributed by atoms with Gasteiger partial charge >= 0.3 is 5.97 Å². The fourth-order valence-corrected chi connectivity index (χ4v) is 2.79. The molecular weight excluding hydrogens is 206 g/mol. The van der Waals surface area contributed by atoms with E-state index >= 15 is 0 Å². The number of carboxylic acids is 1. The predicted octanol–water partition coefficient (Wildman–Crippen LogP) is 1.55. The number of nitrogens with one attached hydrogen (secondary N) is 1. The van der Waals surface area contributed by atoms with Crippen LogP contribution in [0.25, 0.3) is 0 Å². The van der Waals surface area contributed by atoms with Crippen LogP contribution in [-0.2, 0) is 9.59 Å². The summed E-state index contributed by atoms with van der Waals surface area (Å²) in [5.74, 6) is -1.65. The van der Waals surface area contributed by atoms with E-state index in [1.807, 2.05) is 6.92 Å². The Morgan fingerprint density at radius 2 is 1.81 bits per heavy atom. The molecule has 2 aliphatic rings. The van der Waals surface area contributed by atoms with Crippen LogP contribution in [0.4, 0.5) is 0 Å². The van der Waals surface area contributed by atoms with E-state index in [1.54, 1.807) is 0 Å². The highest BCUT2D eigenvalue weighted by atomic mass is 16.4. The normalized spacial score (nSPS) is 31.8. The third-order valence-corrected chi connectivity index (χ3v) is 4.05. The summed E-state index contributed by atoms with van der Waals surface area (Å²) in [5.41, 5.74) is -0.0667. The summed E-state index contributed by atoms with van der Waals surface area (Å²) in [5, 5.41) is 12.0. The molecule has 0 saturated heterocycles. The number of aliphatic carboxylic acids is 1. The van der Waals surface area contributed by atoms with Crippen molar-refractivity contribution >= 4 is 11.9 Å². The summed E-state index contributed by atoms with van der Waals surface area (Å²) in [6.07, 6.45) is 5.41. The van der Waals surface area contributed by atoms with E-state index in [-0.39, 0.29) is 17.4 Å². The number of rotatable bonds is 3. The number of carboxylic acid groups (broad SMARTS) is 1. The van der Waals surface area contributed by atoms with Gasteiger partial charge in [0.15, 0.2) is 0 Å². The van der Waals surface area contributed by atoms with E-state index in [4.69, 9.17) is 5.11 Å². The summed E-state index contributed by atoms with van der Waals surface area (Å²) in [6, 6.07) is 0. The van der Waals surface area contributed by atoms with Gasteiger partial charge < -0.3 is 10.4 Å². The van der Waals surface area contributed by atoms with Crippen LogP contribution >= 0.6 is 0 Å². The molecule has 0 aromatic rings. The quantitative estimate of drug-likeness (QED) is 0.765. The first kappa shape index (κ1) is 11.4. The van der Waals surface area contributed by atoms with Gasteiger partial charge in [0.25, 0.3) is 0 Å². The van der Waals surface area contributed by atoms with Gasteiger partial charge in [-0.05, 0) is 39.0 Å². The molecule has 0 aliphatic heterocycles. The van der Waals surface area contributed by atoms with E-state index in [1.165, 1.54) is 0 Å². The molecule has 4 heteroatoms. The molecule has 0 spiro atoms. The van der Waals surface area contributed by atoms with Crippen molar-refractivity contribution in [3.8, 4) is 0 Å². The van der Waals surface area contributed by atoms with Crippen molar-refractivity contribution in [2.75, 3.05) is 0 Å². The summed E-state index contributed by atoms with van der Waals surface area (Å²) < 4.78 is 0. The molecule has 0 heterocycles. The topological polar surface area (TPSA) is 66.4 Å². The van der Waals surface area contributed by atoms with Gasteiger partial charge in [0, 0.05) is 5.54 Å². The van der Waals surface area contributed by atoms with Crippen molar-refractivity contribution in [3.63, 3.8) is 0 Å². The maximum atomic E-state index is 12.0. The Hall–Kier alpha value is -1.06. The third kappa shape index (κ3) is 2.06. The van der Waals surface area contributed by atoms with Gasteiger partial charge in [0.1, 0.15) is 0 Å². The first-order valence-electron chi connectivity index (χ1n) is 6.07. The summed E-state index contributed by atoms with van der Waals surface area (Å²) in [4.78, 5) is 23.0. The second-order valence-corrected chi connectivity index (χ2v) is 5.39. The molecule has 2 fully saturated rings. The second kappa shape index (κ2) is 4.07. The molecule has 2 saturated carbocycles. The van der Waals surface area contributed by atoms with Crippen molar-refractivity contribution < 1.29 is 14.7 Å². The van der Waals surface area contributed by atoms with E-state index < -0.39 is 11.9 Å². The lowest BCUT2D eigenvalue weighted by Crippen LogP contribution is -2.53. The monoisotopic (exact) mass is 225 g/mol. The van der Waals surface area contributed by atoms with Crippen LogP contribution in [0, 0.1) is 11.8 Å². The number of amides is 1. The Kier molecular flexibility index (Phi) is 2.91. The molecule has 16 heavy (non-hydrogen) atoms. The van der Waals surface area contributed by atoms with Gasteiger partial charge in [0.05, 0.1) is 11.8 Å². The lowest BCUT2D eigenvalue weighted by molar-refractivity contribution is -0.146. The van der Waals surface area contributed by atoms with Crippen LogP contribution in [-0.4, -0.2) is 22.5 Å². The standard InChI is InChI=1S/C12H19NO3/c1-12(6-3-7-12)13-10(14)8-4-2-5-9(8)11(15)16/h8-9H,2-7H2,1H3,(H,13,14)(H,15,16)/t8-,9+/m1/s1. The maximum absolute atomic E-state index is 12.0. The van der Waals surface area contributed by atoms with Gasteiger partial charge in [-0.25, -0.2) is 0 Å². The van der Waals surface area contributed by atoms with Crippen LogP contribution < -0.4 is 5.32 Å². The zero-order valence-electron chi connectivity index (χ0n) is 9.66. The van der Waals surface area contributed by atoms with E-state index in [0.717, 1.165) is 32.1 Å². The first-order chi connectivity index (χ1) is 7.52. The maximum Gasteiger partial charge on any atom is 0.307 e. The molecule has 90 valence electrons. The van der Waals surface area contributed by atoms with Crippen molar-refractivity contribution in [2.45, 2.75) is 51.0 Å². The highest BCUT2D eigenvalue weighted by Gasteiger charge is 2.41. The average Bonchev–Trinajstić information content (AvgIpc) is 2.63. The minimum atomic E-state index is -0.823. The zero-order valence-corrected chi connectivity index (χ0v) is 9.66. The zero-order chi connectivity index (χ0) is 11.8.